The predicted octanol–water partition coefficient (Wildman–Crippen LogP) is 2.19. The molecule has 0 aliphatic rings. The third-order valence-corrected chi connectivity index (χ3v) is 3.00. The maximum absolute atomic E-state index is 5.60. The van der Waals surface area contributed by atoms with Crippen LogP contribution in [0.1, 0.15) is 24.2 Å². The predicted molar refractivity (Wildman–Crippen MR) is 69.8 cm³/mol. The van der Waals surface area contributed by atoms with Crippen LogP contribution in [0.25, 0.3) is 0 Å². The maximum atomic E-state index is 5.60. The standard InChI is InChI=1S/C14H19N3/c1-12(9-13-5-3-2-4-6-13)17-11-16-10-14(17)7-8-15/h2-6,10-12H,7-9,15H2,1H3. The molecule has 0 aliphatic carbocycles. The number of rotatable bonds is 5. The van der Waals surface area contributed by atoms with E-state index >= 15 is 0 Å². The normalized spacial score (nSPS) is 12.6. The fourth-order valence-corrected chi connectivity index (χ4v) is 2.12. The molecule has 1 atom stereocenters. The highest BCUT2D eigenvalue weighted by molar-refractivity contribution is 5.16. The van der Waals surface area contributed by atoms with E-state index < -0.39 is 0 Å². The van der Waals surface area contributed by atoms with Crippen molar-refractivity contribution >= 4 is 0 Å². The molecule has 0 aliphatic heterocycles. The summed E-state index contributed by atoms with van der Waals surface area (Å²) in [6, 6.07) is 11.0. The number of imidazole rings is 1. The Morgan fingerprint density at radius 3 is 2.76 bits per heavy atom. The zero-order valence-electron chi connectivity index (χ0n) is 10.2. The highest BCUT2D eigenvalue weighted by Gasteiger charge is 2.09. The molecule has 1 unspecified atom stereocenters. The van der Waals surface area contributed by atoms with E-state index in [4.69, 9.17) is 5.73 Å². The number of aromatic nitrogens is 2. The van der Waals surface area contributed by atoms with Gasteiger partial charge in [0.25, 0.3) is 0 Å². The van der Waals surface area contributed by atoms with Gasteiger partial charge in [0.05, 0.1) is 6.33 Å². The average molecular weight is 229 g/mol. The largest absolute Gasteiger partial charge is 0.331 e. The summed E-state index contributed by atoms with van der Waals surface area (Å²) in [4.78, 5) is 4.21. The highest BCUT2D eigenvalue weighted by atomic mass is 15.1. The Balaban J connectivity index is 2.09. The van der Waals surface area contributed by atoms with Crippen molar-refractivity contribution in [1.29, 1.82) is 0 Å². The number of nitrogens with zero attached hydrogens (tertiary/aromatic N) is 2. The number of hydrogen-bond donors (Lipinski definition) is 1. The summed E-state index contributed by atoms with van der Waals surface area (Å²) in [5.41, 5.74) is 8.17. The molecule has 0 spiro atoms. The van der Waals surface area contributed by atoms with Crippen LogP contribution in [-0.4, -0.2) is 16.1 Å². The lowest BCUT2D eigenvalue weighted by Gasteiger charge is -2.16. The summed E-state index contributed by atoms with van der Waals surface area (Å²) in [6.07, 6.45) is 5.72. The fraction of sp³-hybridized carbons (Fsp3) is 0.357. The second kappa shape index (κ2) is 5.64. The second-order valence-corrected chi connectivity index (χ2v) is 4.37. The van der Waals surface area contributed by atoms with Gasteiger partial charge in [-0.15, -0.1) is 0 Å². The molecule has 0 bridgehead atoms. The van der Waals surface area contributed by atoms with E-state index in [9.17, 15) is 0 Å². The fourth-order valence-electron chi connectivity index (χ4n) is 2.12. The van der Waals surface area contributed by atoms with Crippen molar-refractivity contribution in [2.24, 2.45) is 5.73 Å². The van der Waals surface area contributed by atoms with E-state index in [-0.39, 0.29) is 0 Å². The summed E-state index contributed by atoms with van der Waals surface area (Å²) >= 11 is 0. The van der Waals surface area contributed by atoms with Gasteiger partial charge in [-0.3, -0.25) is 0 Å². The molecule has 0 saturated heterocycles. The third kappa shape index (κ3) is 2.94. The lowest BCUT2D eigenvalue weighted by atomic mass is 10.1. The summed E-state index contributed by atoms with van der Waals surface area (Å²) in [5, 5.41) is 0. The Morgan fingerprint density at radius 1 is 1.29 bits per heavy atom. The van der Waals surface area contributed by atoms with Gasteiger partial charge < -0.3 is 10.3 Å². The van der Waals surface area contributed by atoms with Crippen molar-refractivity contribution in [1.82, 2.24) is 9.55 Å². The van der Waals surface area contributed by atoms with Crippen LogP contribution < -0.4 is 5.73 Å². The van der Waals surface area contributed by atoms with Crippen molar-refractivity contribution in [3.8, 4) is 0 Å². The van der Waals surface area contributed by atoms with Crippen LogP contribution in [0.2, 0.25) is 0 Å². The van der Waals surface area contributed by atoms with E-state index in [1.807, 2.05) is 18.6 Å². The first kappa shape index (κ1) is 11.9. The summed E-state index contributed by atoms with van der Waals surface area (Å²) in [5.74, 6) is 0. The van der Waals surface area contributed by atoms with Gasteiger partial charge in [0.2, 0.25) is 0 Å². The number of hydrogen-bond acceptors (Lipinski definition) is 2. The zero-order valence-corrected chi connectivity index (χ0v) is 10.2. The lowest BCUT2D eigenvalue weighted by molar-refractivity contribution is 0.524. The van der Waals surface area contributed by atoms with Gasteiger partial charge in [-0.2, -0.15) is 0 Å². The second-order valence-electron chi connectivity index (χ2n) is 4.37. The van der Waals surface area contributed by atoms with Gasteiger partial charge in [0.1, 0.15) is 0 Å². The Labute approximate surface area is 102 Å². The van der Waals surface area contributed by atoms with E-state index in [1.165, 1.54) is 11.3 Å². The Kier molecular flexibility index (Phi) is 3.94. The molecule has 1 aromatic carbocycles. The van der Waals surface area contributed by atoms with Crippen LogP contribution >= 0.6 is 0 Å². The highest BCUT2D eigenvalue weighted by Crippen LogP contribution is 2.16. The van der Waals surface area contributed by atoms with Crippen molar-refractivity contribution in [3.63, 3.8) is 0 Å². The molecule has 17 heavy (non-hydrogen) atoms. The molecule has 0 fully saturated rings. The molecule has 3 nitrogen and oxygen atoms in total. The molecule has 1 heterocycles. The van der Waals surface area contributed by atoms with E-state index in [0.29, 0.717) is 12.6 Å². The number of benzene rings is 1. The van der Waals surface area contributed by atoms with Gasteiger partial charge >= 0.3 is 0 Å². The van der Waals surface area contributed by atoms with Gasteiger partial charge in [-0.1, -0.05) is 30.3 Å². The van der Waals surface area contributed by atoms with Crippen LogP contribution in [0.5, 0.6) is 0 Å². The van der Waals surface area contributed by atoms with Gasteiger partial charge in [-0.25, -0.2) is 4.98 Å². The molecule has 0 radical (unpaired) electrons. The van der Waals surface area contributed by atoms with Crippen molar-refractivity contribution in [2.45, 2.75) is 25.8 Å². The maximum Gasteiger partial charge on any atom is 0.0950 e. The Hall–Kier alpha value is -1.61. The van der Waals surface area contributed by atoms with Crippen LogP contribution in [0.4, 0.5) is 0 Å². The molecule has 0 saturated carbocycles. The minimum Gasteiger partial charge on any atom is -0.331 e. The lowest BCUT2D eigenvalue weighted by Crippen LogP contribution is -2.13. The minimum atomic E-state index is 0.418. The van der Waals surface area contributed by atoms with Crippen LogP contribution in [0.15, 0.2) is 42.9 Å². The molecule has 0 amide bonds. The van der Waals surface area contributed by atoms with Crippen molar-refractivity contribution in [2.75, 3.05) is 6.54 Å². The van der Waals surface area contributed by atoms with Gasteiger partial charge in [-0.05, 0) is 25.5 Å². The first-order chi connectivity index (χ1) is 8.31. The van der Waals surface area contributed by atoms with Crippen molar-refractivity contribution in [3.05, 3.63) is 54.1 Å². The van der Waals surface area contributed by atoms with Crippen LogP contribution in [0.3, 0.4) is 0 Å². The Bertz CT molecular complexity index is 448. The summed E-state index contributed by atoms with van der Waals surface area (Å²) in [7, 11) is 0. The molecule has 3 heteroatoms. The smallest absolute Gasteiger partial charge is 0.0950 e. The average Bonchev–Trinajstić information content (AvgIpc) is 2.79. The molecule has 90 valence electrons. The van der Waals surface area contributed by atoms with E-state index in [2.05, 4.69) is 40.7 Å². The monoisotopic (exact) mass is 229 g/mol. The van der Waals surface area contributed by atoms with Gasteiger partial charge in [0, 0.05) is 24.4 Å². The molecular weight excluding hydrogens is 210 g/mol. The summed E-state index contributed by atoms with van der Waals surface area (Å²) < 4.78 is 2.22. The van der Waals surface area contributed by atoms with Crippen LogP contribution in [-0.2, 0) is 12.8 Å². The van der Waals surface area contributed by atoms with E-state index in [0.717, 1.165) is 12.8 Å². The van der Waals surface area contributed by atoms with Crippen LogP contribution in [0, 0.1) is 0 Å². The first-order valence-electron chi connectivity index (χ1n) is 6.06. The number of nitrogens with two attached hydrogens (primary N) is 1. The molecular formula is C14H19N3. The van der Waals surface area contributed by atoms with Gasteiger partial charge in [0.15, 0.2) is 0 Å². The topological polar surface area (TPSA) is 43.8 Å². The first-order valence-corrected chi connectivity index (χ1v) is 6.06. The molecule has 2 N–H and O–H groups in total. The molecule has 2 aromatic rings. The summed E-state index contributed by atoms with van der Waals surface area (Å²) in [6.45, 7) is 2.89. The quantitative estimate of drug-likeness (QED) is 0.854. The minimum absolute atomic E-state index is 0.418. The molecule has 2 rings (SSSR count). The third-order valence-electron chi connectivity index (χ3n) is 3.00. The van der Waals surface area contributed by atoms with E-state index in [1.54, 1.807) is 0 Å². The molecule has 1 aromatic heterocycles. The van der Waals surface area contributed by atoms with Crippen molar-refractivity contribution < 1.29 is 0 Å². The zero-order chi connectivity index (χ0) is 12.1. The SMILES string of the molecule is CC(Cc1ccccc1)n1cncc1CCN. The Morgan fingerprint density at radius 2 is 2.06 bits per heavy atom.